The largest absolute Gasteiger partial charge is 0.495 e. The predicted molar refractivity (Wildman–Crippen MR) is 131 cm³/mol. The number of rotatable bonds is 6. The highest BCUT2D eigenvalue weighted by Crippen LogP contribution is 2.47. The van der Waals surface area contributed by atoms with E-state index >= 15 is 0 Å². The zero-order chi connectivity index (χ0) is 23.7. The average molecular weight is 509 g/mol. The molecule has 2 N–H and O–H groups in total. The minimum atomic E-state index is -0.255. The summed E-state index contributed by atoms with van der Waals surface area (Å²) in [7, 11) is 3.13. The number of hydrogen-bond donors (Lipinski definition) is 2. The Labute approximate surface area is 207 Å². The van der Waals surface area contributed by atoms with Gasteiger partial charge < -0.3 is 14.8 Å². The van der Waals surface area contributed by atoms with Gasteiger partial charge in [0.25, 0.3) is 0 Å². The highest BCUT2D eigenvalue weighted by Gasteiger charge is 2.31. The Morgan fingerprint density at radius 1 is 1.18 bits per heavy atom. The molecule has 2 aromatic rings. The van der Waals surface area contributed by atoms with Crippen LogP contribution in [-0.2, 0) is 17.6 Å². The van der Waals surface area contributed by atoms with Crippen molar-refractivity contribution in [3.63, 3.8) is 0 Å². The van der Waals surface area contributed by atoms with Gasteiger partial charge in [-0.3, -0.25) is 9.89 Å². The van der Waals surface area contributed by atoms with E-state index in [1.54, 1.807) is 20.3 Å². The molecule has 33 heavy (non-hydrogen) atoms. The number of carbonyl (C=O) groups is 1. The second kappa shape index (κ2) is 9.84. The van der Waals surface area contributed by atoms with Gasteiger partial charge >= 0.3 is 0 Å². The second-order valence-corrected chi connectivity index (χ2v) is 9.21. The Balaban J connectivity index is 1.71. The molecule has 0 saturated heterocycles. The topological polar surface area (TPSA) is 76.2 Å². The van der Waals surface area contributed by atoms with Crippen molar-refractivity contribution in [1.29, 1.82) is 0 Å². The van der Waals surface area contributed by atoms with Crippen molar-refractivity contribution >= 4 is 46.3 Å². The van der Waals surface area contributed by atoms with Gasteiger partial charge in [0.2, 0.25) is 5.91 Å². The van der Waals surface area contributed by atoms with Crippen LogP contribution in [0.4, 0.5) is 0 Å². The Hall–Kier alpha value is -2.41. The molecule has 4 rings (SSSR count). The van der Waals surface area contributed by atoms with Crippen molar-refractivity contribution in [3.8, 4) is 11.5 Å². The molecule has 1 heterocycles. The monoisotopic (exact) mass is 507 g/mol. The Morgan fingerprint density at radius 2 is 1.88 bits per heavy atom. The summed E-state index contributed by atoms with van der Waals surface area (Å²) < 4.78 is 10.9. The molecule has 0 aliphatic heterocycles. The van der Waals surface area contributed by atoms with Gasteiger partial charge in [0.05, 0.1) is 30.0 Å². The van der Waals surface area contributed by atoms with Crippen molar-refractivity contribution < 1.29 is 14.3 Å². The van der Waals surface area contributed by atoms with Crippen LogP contribution in [0.25, 0.3) is 5.57 Å². The normalized spacial score (nSPS) is 17.8. The van der Waals surface area contributed by atoms with Crippen molar-refractivity contribution in [2.45, 2.75) is 38.0 Å². The summed E-state index contributed by atoms with van der Waals surface area (Å²) in [5.74, 6) is 0.862. The summed E-state index contributed by atoms with van der Waals surface area (Å²) in [5, 5.41) is 12.4. The zero-order valence-electron chi connectivity index (χ0n) is 18.4. The second-order valence-electron chi connectivity index (χ2n) is 7.97. The van der Waals surface area contributed by atoms with E-state index < -0.39 is 0 Å². The van der Waals surface area contributed by atoms with Gasteiger partial charge in [0.15, 0.2) is 0 Å². The molecule has 0 fully saturated rings. The van der Waals surface area contributed by atoms with Gasteiger partial charge in [-0.1, -0.05) is 41.4 Å². The first kappa shape index (κ1) is 23.7. The molecule has 9 heteroatoms. The number of carbonyl (C=O) groups excluding carboxylic acids is 1. The molecule has 0 saturated carbocycles. The third kappa shape index (κ3) is 4.52. The summed E-state index contributed by atoms with van der Waals surface area (Å²) in [4.78, 5) is 11.9. The van der Waals surface area contributed by atoms with Crippen molar-refractivity contribution in [2.75, 3.05) is 14.2 Å². The van der Waals surface area contributed by atoms with Gasteiger partial charge in [-0.15, -0.1) is 0 Å². The number of amides is 1. The van der Waals surface area contributed by atoms with E-state index in [1.807, 2.05) is 6.08 Å². The lowest BCUT2D eigenvalue weighted by molar-refractivity contribution is -0.115. The third-order valence-corrected chi connectivity index (χ3v) is 7.19. The van der Waals surface area contributed by atoms with Crippen LogP contribution in [0.15, 0.2) is 35.5 Å². The molecule has 1 amide bonds. The number of hydrogen-bond acceptors (Lipinski definition) is 4. The summed E-state index contributed by atoms with van der Waals surface area (Å²) in [5.41, 5.74) is 5.36. The number of allylic oxidation sites excluding steroid dienone is 4. The molecule has 0 spiro atoms. The van der Waals surface area contributed by atoms with Crippen molar-refractivity contribution in [1.82, 2.24) is 15.5 Å². The first-order valence-corrected chi connectivity index (χ1v) is 11.7. The van der Waals surface area contributed by atoms with Crippen LogP contribution in [-0.4, -0.2) is 30.3 Å². The van der Waals surface area contributed by atoms with Crippen LogP contribution in [0.1, 0.15) is 47.7 Å². The third-order valence-electron chi connectivity index (χ3n) is 6.12. The van der Waals surface area contributed by atoms with E-state index in [0.717, 1.165) is 51.7 Å². The Morgan fingerprint density at radius 3 is 2.52 bits per heavy atom. The predicted octanol–water partition coefficient (Wildman–Crippen LogP) is 5.94. The minimum Gasteiger partial charge on any atom is -0.495 e. The Kier molecular flexibility index (Phi) is 7.07. The average Bonchev–Trinajstić information content (AvgIpc) is 3.23. The van der Waals surface area contributed by atoms with Gasteiger partial charge in [-0.05, 0) is 50.2 Å². The molecular formula is C24H24Cl3N3O3. The molecule has 1 atom stereocenters. The Bertz CT molecular complexity index is 1160. The SMILES string of the molecule is C=CC(=O)NC1=C(c2n[nH]c3c2CCC(c2c(Cl)c(OC)cc(OC)c2Cl)C3)C=C(Cl)CC1. The number of nitrogens with one attached hydrogen (secondary N) is 2. The fourth-order valence-electron chi connectivity index (χ4n) is 4.47. The lowest BCUT2D eigenvalue weighted by Gasteiger charge is -2.26. The maximum Gasteiger partial charge on any atom is 0.247 e. The van der Waals surface area contributed by atoms with Crippen LogP contribution in [0.2, 0.25) is 10.0 Å². The minimum absolute atomic E-state index is 0.0641. The van der Waals surface area contributed by atoms with Gasteiger partial charge in [0, 0.05) is 39.2 Å². The van der Waals surface area contributed by atoms with E-state index in [2.05, 4.69) is 22.1 Å². The van der Waals surface area contributed by atoms with E-state index in [4.69, 9.17) is 44.3 Å². The number of aromatic nitrogens is 2. The van der Waals surface area contributed by atoms with Gasteiger partial charge in [-0.25, -0.2) is 0 Å². The van der Waals surface area contributed by atoms with E-state index in [-0.39, 0.29) is 11.8 Å². The molecule has 1 aromatic carbocycles. The van der Waals surface area contributed by atoms with Crippen molar-refractivity contribution in [3.05, 3.63) is 68.1 Å². The zero-order valence-corrected chi connectivity index (χ0v) is 20.6. The molecule has 6 nitrogen and oxygen atoms in total. The molecule has 2 aliphatic carbocycles. The van der Waals surface area contributed by atoms with Crippen molar-refractivity contribution in [2.24, 2.45) is 0 Å². The van der Waals surface area contributed by atoms with Crippen LogP contribution in [0, 0.1) is 0 Å². The number of aromatic amines is 1. The fourth-order valence-corrected chi connectivity index (χ4v) is 5.49. The van der Waals surface area contributed by atoms with E-state index in [1.165, 1.54) is 6.08 Å². The quantitative estimate of drug-likeness (QED) is 0.474. The highest BCUT2D eigenvalue weighted by atomic mass is 35.5. The molecule has 0 bridgehead atoms. The number of ether oxygens (including phenoxy) is 2. The molecule has 174 valence electrons. The van der Waals surface area contributed by atoms with Gasteiger partial charge in [0.1, 0.15) is 11.5 Å². The van der Waals surface area contributed by atoms with Crippen LogP contribution in [0.3, 0.4) is 0 Å². The molecule has 2 aliphatic rings. The van der Waals surface area contributed by atoms with Crippen LogP contribution in [0.5, 0.6) is 11.5 Å². The summed E-state index contributed by atoms with van der Waals surface area (Å²) >= 11 is 19.7. The van der Waals surface area contributed by atoms with E-state index in [0.29, 0.717) is 40.8 Å². The smallest absolute Gasteiger partial charge is 0.247 e. The summed E-state index contributed by atoms with van der Waals surface area (Å²) in [6, 6.07) is 1.70. The fraction of sp³-hybridized carbons (Fsp3) is 0.333. The molecule has 1 aromatic heterocycles. The number of nitrogens with zero attached hydrogens (tertiary/aromatic N) is 1. The number of H-pyrrole nitrogens is 1. The lowest BCUT2D eigenvalue weighted by atomic mass is 9.81. The number of fused-ring (bicyclic) bond motifs is 1. The highest BCUT2D eigenvalue weighted by molar-refractivity contribution is 6.38. The van der Waals surface area contributed by atoms with Gasteiger partial charge in [-0.2, -0.15) is 5.10 Å². The molecular weight excluding hydrogens is 485 g/mol. The first-order chi connectivity index (χ1) is 15.9. The van der Waals surface area contributed by atoms with Crippen LogP contribution < -0.4 is 14.8 Å². The molecule has 1 unspecified atom stereocenters. The van der Waals surface area contributed by atoms with E-state index in [9.17, 15) is 4.79 Å². The lowest BCUT2D eigenvalue weighted by Crippen LogP contribution is -2.23. The number of halogens is 3. The first-order valence-electron chi connectivity index (χ1n) is 10.6. The van der Waals surface area contributed by atoms with Crippen LogP contribution >= 0.6 is 34.8 Å². The maximum atomic E-state index is 11.9. The summed E-state index contributed by atoms with van der Waals surface area (Å²) in [6.07, 6.45) is 6.68. The number of benzene rings is 1. The summed E-state index contributed by atoms with van der Waals surface area (Å²) in [6.45, 7) is 3.54. The maximum absolute atomic E-state index is 11.9. The standard InChI is InChI=1S/C24H24Cl3N3O3/c1-4-20(31)28-16-8-6-13(25)10-15(16)24-14-7-5-12(9-17(14)29-30-24)21-22(26)18(32-2)11-19(33-3)23(21)27/h4,10-12H,1,5-9H2,2-3H3,(H,28,31)(H,29,30). The molecule has 0 radical (unpaired) electrons. The number of methoxy groups -OCH3 is 2.